The number of amides is 1. The maximum Gasteiger partial charge on any atom is 0.270 e. The number of hydrogen-bond acceptors (Lipinski definition) is 4. The largest absolute Gasteiger partial charge is 0.357 e. The molecule has 6 heteroatoms. The Morgan fingerprint density at radius 1 is 1.26 bits per heavy atom. The van der Waals surface area contributed by atoms with Gasteiger partial charge in [-0.25, -0.2) is 4.98 Å². The molecule has 1 N–H and O–H groups in total. The summed E-state index contributed by atoms with van der Waals surface area (Å²) in [5, 5.41) is 2.94. The lowest BCUT2D eigenvalue weighted by atomic mass is 10.2. The van der Waals surface area contributed by atoms with Gasteiger partial charge in [0.25, 0.3) is 5.91 Å². The van der Waals surface area contributed by atoms with Crippen LogP contribution >= 0.6 is 11.3 Å². The van der Waals surface area contributed by atoms with Crippen LogP contribution in [0.4, 0.5) is 0 Å². The maximum atomic E-state index is 12.4. The first-order valence-electron chi connectivity index (χ1n) is 7.65. The molecule has 0 radical (unpaired) electrons. The number of hydrogen-bond donors (Lipinski definition) is 1. The van der Waals surface area contributed by atoms with E-state index in [1.165, 1.54) is 0 Å². The molecule has 0 aliphatic carbocycles. The van der Waals surface area contributed by atoms with Gasteiger partial charge in [0.2, 0.25) is 0 Å². The van der Waals surface area contributed by atoms with Crippen LogP contribution in [0.3, 0.4) is 0 Å². The van der Waals surface area contributed by atoms with Crippen LogP contribution in [0.5, 0.6) is 0 Å². The second kappa shape index (κ2) is 5.96. The Morgan fingerprint density at radius 3 is 2.91 bits per heavy atom. The lowest BCUT2D eigenvalue weighted by Crippen LogP contribution is -2.27. The summed E-state index contributed by atoms with van der Waals surface area (Å²) in [5.41, 5.74) is 3.47. The lowest BCUT2D eigenvalue weighted by molar-refractivity contribution is 0.0788. The second-order valence-electron chi connectivity index (χ2n) is 5.58. The normalized spacial score (nSPS) is 14.3. The van der Waals surface area contributed by atoms with Crippen molar-refractivity contribution in [3.05, 3.63) is 47.9 Å². The Kier molecular flexibility index (Phi) is 3.67. The van der Waals surface area contributed by atoms with Crippen LogP contribution in [0.15, 0.2) is 42.2 Å². The van der Waals surface area contributed by atoms with Gasteiger partial charge in [0, 0.05) is 48.2 Å². The average Bonchev–Trinajstić information content (AvgIpc) is 3.35. The molecule has 1 aliphatic heterocycles. The number of pyridine rings is 1. The van der Waals surface area contributed by atoms with Crippen LogP contribution in [-0.4, -0.2) is 38.8 Å². The molecule has 116 valence electrons. The van der Waals surface area contributed by atoms with Crippen molar-refractivity contribution >= 4 is 17.2 Å². The van der Waals surface area contributed by atoms with E-state index in [9.17, 15) is 4.79 Å². The standard InChI is InChI=1S/C17H16N4OS/c22-17(21-6-1-2-7-21)14-8-13(10-19-14)15-11-23-16(20-15)12-4-3-5-18-9-12/h3-5,8-11,19H,1-2,6-7H2. The van der Waals surface area contributed by atoms with Crippen LogP contribution in [-0.2, 0) is 0 Å². The molecule has 4 rings (SSSR count). The van der Waals surface area contributed by atoms with Gasteiger partial charge in [0.05, 0.1) is 5.69 Å². The van der Waals surface area contributed by atoms with Gasteiger partial charge in [0.15, 0.2) is 0 Å². The number of thiazole rings is 1. The lowest BCUT2D eigenvalue weighted by Gasteiger charge is -2.13. The number of carbonyl (C=O) groups excluding carboxylic acids is 1. The first kappa shape index (κ1) is 14.1. The summed E-state index contributed by atoms with van der Waals surface area (Å²) in [4.78, 5) is 26.2. The number of nitrogens with one attached hydrogen (secondary N) is 1. The summed E-state index contributed by atoms with van der Waals surface area (Å²) in [6.45, 7) is 1.71. The molecule has 1 aliphatic rings. The van der Waals surface area contributed by atoms with E-state index >= 15 is 0 Å². The van der Waals surface area contributed by atoms with Crippen LogP contribution in [0.1, 0.15) is 23.3 Å². The zero-order chi connectivity index (χ0) is 15.6. The molecule has 3 aromatic rings. The van der Waals surface area contributed by atoms with Crippen molar-refractivity contribution in [1.29, 1.82) is 0 Å². The van der Waals surface area contributed by atoms with Crippen LogP contribution in [0.2, 0.25) is 0 Å². The van der Waals surface area contributed by atoms with E-state index in [0.717, 1.165) is 47.8 Å². The third-order valence-electron chi connectivity index (χ3n) is 4.02. The quantitative estimate of drug-likeness (QED) is 0.803. The minimum Gasteiger partial charge on any atom is -0.357 e. The third kappa shape index (κ3) is 2.77. The van der Waals surface area contributed by atoms with Crippen molar-refractivity contribution in [2.75, 3.05) is 13.1 Å². The van der Waals surface area contributed by atoms with Crippen molar-refractivity contribution in [2.24, 2.45) is 0 Å². The average molecular weight is 324 g/mol. The van der Waals surface area contributed by atoms with Crippen molar-refractivity contribution < 1.29 is 4.79 Å². The summed E-state index contributed by atoms with van der Waals surface area (Å²) < 4.78 is 0. The van der Waals surface area contributed by atoms with E-state index in [1.807, 2.05) is 40.9 Å². The first-order valence-corrected chi connectivity index (χ1v) is 8.53. The minimum atomic E-state index is 0.0801. The van der Waals surface area contributed by atoms with Crippen molar-refractivity contribution in [3.8, 4) is 21.8 Å². The van der Waals surface area contributed by atoms with E-state index in [-0.39, 0.29) is 5.91 Å². The minimum absolute atomic E-state index is 0.0801. The van der Waals surface area contributed by atoms with Crippen LogP contribution < -0.4 is 0 Å². The van der Waals surface area contributed by atoms with Gasteiger partial charge >= 0.3 is 0 Å². The monoisotopic (exact) mass is 324 g/mol. The van der Waals surface area contributed by atoms with E-state index in [0.29, 0.717) is 5.69 Å². The number of H-pyrrole nitrogens is 1. The molecule has 0 atom stereocenters. The molecular weight excluding hydrogens is 308 g/mol. The zero-order valence-electron chi connectivity index (χ0n) is 12.5. The predicted octanol–water partition coefficient (Wildman–Crippen LogP) is 3.44. The molecule has 0 unspecified atom stereocenters. The highest BCUT2D eigenvalue weighted by molar-refractivity contribution is 7.13. The van der Waals surface area contributed by atoms with Gasteiger partial charge < -0.3 is 9.88 Å². The Labute approximate surface area is 138 Å². The number of carbonyl (C=O) groups is 1. The SMILES string of the molecule is O=C(c1cc(-c2csc(-c3cccnc3)n2)c[nH]1)N1CCCC1. The van der Waals surface area contributed by atoms with Gasteiger partial charge in [0.1, 0.15) is 10.7 Å². The fraction of sp³-hybridized carbons (Fsp3) is 0.235. The molecular formula is C17H16N4OS. The van der Waals surface area contributed by atoms with Gasteiger partial charge in [-0.05, 0) is 31.0 Å². The van der Waals surface area contributed by atoms with Gasteiger partial charge in [-0.15, -0.1) is 11.3 Å². The molecule has 3 aromatic heterocycles. The first-order chi connectivity index (χ1) is 11.3. The Bertz CT molecular complexity index is 818. The van der Waals surface area contributed by atoms with Crippen molar-refractivity contribution in [2.45, 2.75) is 12.8 Å². The van der Waals surface area contributed by atoms with E-state index < -0.39 is 0 Å². The van der Waals surface area contributed by atoms with Crippen LogP contribution in [0, 0.1) is 0 Å². The Balaban J connectivity index is 1.57. The fourth-order valence-corrected chi connectivity index (χ4v) is 3.60. The van der Waals surface area contributed by atoms with Gasteiger partial charge in [-0.3, -0.25) is 9.78 Å². The number of aromatic nitrogens is 3. The molecule has 1 amide bonds. The highest BCUT2D eigenvalue weighted by Crippen LogP contribution is 2.29. The summed E-state index contributed by atoms with van der Waals surface area (Å²) in [6, 6.07) is 5.79. The fourth-order valence-electron chi connectivity index (χ4n) is 2.78. The predicted molar refractivity (Wildman–Crippen MR) is 90.3 cm³/mol. The Morgan fingerprint density at radius 2 is 2.13 bits per heavy atom. The molecule has 4 heterocycles. The van der Waals surface area contributed by atoms with Crippen molar-refractivity contribution in [1.82, 2.24) is 19.9 Å². The van der Waals surface area contributed by atoms with Crippen LogP contribution in [0.25, 0.3) is 21.8 Å². The second-order valence-corrected chi connectivity index (χ2v) is 6.44. The number of nitrogens with zero attached hydrogens (tertiary/aromatic N) is 3. The third-order valence-corrected chi connectivity index (χ3v) is 4.91. The molecule has 0 bridgehead atoms. The molecule has 1 saturated heterocycles. The van der Waals surface area contributed by atoms with E-state index in [2.05, 4.69) is 15.0 Å². The summed E-state index contributed by atoms with van der Waals surface area (Å²) in [5.74, 6) is 0.0801. The Hall–Kier alpha value is -2.47. The molecule has 0 spiro atoms. The molecule has 5 nitrogen and oxygen atoms in total. The van der Waals surface area contributed by atoms with E-state index in [4.69, 9.17) is 0 Å². The number of aromatic amines is 1. The summed E-state index contributed by atoms with van der Waals surface area (Å²) >= 11 is 1.58. The molecule has 23 heavy (non-hydrogen) atoms. The summed E-state index contributed by atoms with van der Waals surface area (Å²) in [6.07, 6.45) is 7.60. The smallest absolute Gasteiger partial charge is 0.270 e. The summed E-state index contributed by atoms with van der Waals surface area (Å²) in [7, 11) is 0. The topological polar surface area (TPSA) is 61.9 Å². The molecule has 1 fully saturated rings. The van der Waals surface area contributed by atoms with Crippen molar-refractivity contribution in [3.63, 3.8) is 0 Å². The maximum absolute atomic E-state index is 12.4. The van der Waals surface area contributed by atoms with Gasteiger partial charge in [-0.1, -0.05) is 0 Å². The molecule has 0 saturated carbocycles. The highest BCUT2D eigenvalue weighted by Gasteiger charge is 2.21. The molecule has 0 aromatic carbocycles. The highest BCUT2D eigenvalue weighted by atomic mass is 32.1. The van der Waals surface area contributed by atoms with E-state index in [1.54, 1.807) is 17.5 Å². The zero-order valence-corrected chi connectivity index (χ0v) is 13.3. The number of likely N-dealkylation sites (tertiary alicyclic amines) is 1. The van der Waals surface area contributed by atoms with Gasteiger partial charge in [-0.2, -0.15) is 0 Å². The number of rotatable bonds is 3.